The lowest BCUT2D eigenvalue weighted by molar-refractivity contribution is 0.601. The number of rotatable bonds is 4. The first-order valence-electron chi connectivity index (χ1n) is 5.87. The van der Waals surface area contributed by atoms with E-state index in [2.05, 4.69) is 10.4 Å². The highest BCUT2D eigenvalue weighted by Gasteiger charge is 2.14. The Kier molecular flexibility index (Phi) is 3.73. The Morgan fingerprint density at radius 2 is 1.84 bits per heavy atom. The standard InChI is InChI=1S/C13H17N3O2S/c1-14-13(11-8-15-16(2)9-11)10-4-6-12(7-5-10)19(3,17)18/h4-9,13-14H,1-3H3. The van der Waals surface area contributed by atoms with Crippen LogP contribution in [0.5, 0.6) is 0 Å². The van der Waals surface area contributed by atoms with E-state index in [1.165, 1.54) is 6.26 Å². The van der Waals surface area contributed by atoms with E-state index in [9.17, 15) is 8.42 Å². The van der Waals surface area contributed by atoms with Crippen molar-refractivity contribution in [2.24, 2.45) is 7.05 Å². The fraction of sp³-hybridized carbons (Fsp3) is 0.308. The van der Waals surface area contributed by atoms with E-state index in [4.69, 9.17) is 0 Å². The van der Waals surface area contributed by atoms with E-state index < -0.39 is 9.84 Å². The zero-order valence-corrected chi connectivity index (χ0v) is 12.0. The largest absolute Gasteiger partial charge is 0.309 e. The van der Waals surface area contributed by atoms with Crippen molar-refractivity contribution in [1.29, 1.82) is 0 Å². The fourth-order valence-corrected chi connectivity index (χ4v) is 2.65. The van der Waals surface area contributed by atoms with Crippen molar-refractivity contribution in [2.45, 2.75) is 10.9 Å². The maximum atomic E-state index is 11.4. The molecule has 19 heavy (non-hydrogen) atoms. The zero-order chi connectivity index (χ0) is 14.0. The first-order valence-corrected chi connectivity index (χ1v) is 7.77. The minimum atomic E-state index is -3.15. The van der Waals surface area contributed by atoms with Crippen molar-refractivity contribution < 1.29 is 8.42 Å². The smallest absolute Gasteiger partial charge is 0.175 e. The van der Waals surface area contributed by atoms with Gasteiger partial charge in [-0.1, -0.05) is 12.1 Å². The number of aryl methyl sites for hydroxylation is 1. The van der Waals surface area contributed by atoms with Crippen molar-refractivity contribution in [3.05, 3.63) is 47.8 Å². The van der Waals surface area contributed by atoms with Gasteiger partial charge in [0, 0.05) is 25.1 Å². The van der Waals surface area contributed by atoms with Gasteiger partial charge in [0.1, 0.15) is 0 Å². The molecule has 0 saturated carbocycles. The number of aromatic nitrogens is 2. The van der Waals surface area contributed by atoms with Crippen LogP contribution in [-0.2, 0) is 16.9 Å². The highest BCUT2D eigenvalue weighted by molar-refractivity contribution is 7.90. The minimum Gasteiger partial charge on any atom is -0.309 e. The molecule has 0 aliphatic carbocycles. The molecular weight excluding hydrogens is 262 g/mol. The van der Waals surface area contributed by atoms with E-state index in [0.29, 0.717) is 4.90 Å². The zero-order valence-electron chi connectivity index (χ0n) is 11.2. The Morgan fingerprint density at radius 1 is 1.21 bits per heavy atom. The molecule has 0 amide bonds. The van der Waals surface area contributed by atoms with Gasteiger partial charge in [-0.15, -0.1) is 0 Å². The Bertz CT molecular complexity index is 659. The van der Waals surface area contributed by atoms with Crippen LogP contribution < -0.4 is 5.32 Å². The lowest BCUT2D eigenvalue weighted by Gasteiger charge is -2.15. The first kappa shape index (κ1) is 13.8. The van der Waals surface area contributed by atoms with Gasteiger partial charge >= 0.3 is 0 Å². The molecule has 1 aromatic heterocycles. The highest BCUT2D eigenvalue weighted by Crippen LogP contribution is 2.22. The molecule has 1 aromatic carbocycles. The summed E-state index contributed by atoms with van der Waals surface area (Å²) in [5, 5.41) is 7.35. The van der Waals surface area contributed by atoms with Gasteiger partial charge in [-0.2, -0.15) is 5.10 Å². The molecule has 1 N–H and O–H groups in total. The van der Waals surface area contributed by atoms with Gasteiger partial charge in [-0.25, -0.2) is 8.42 Å². The van der Waals surface area contributed by atoms with Crippen LogP contribution in [0.4, 0.5) is 0 Å². The van der Waals surface area contributed by atoms with Crippen LogP contribution in [0.15, 0.2) is 41.6 Å². The lowest BCUT2D eigenvalue weighted by Crippen LogP contribution is -2.17. The SMILES string of the molecule is CNC(c1ccc(S(C)(=O)=O)cc1)c1cnn(C)c1. The summed E-state index contributed by atoms with van der Waals surface area (Å²) < 4.78 is 24.6. The van der Waals surface area contributed by atoms with Gasteiger partial charge in [-0.3, -0.25) is 4.68 Å². The number of hydrogen-bond donors (Lipinski definition) is 1. The Labute approximate surface area is 113 Å². The van der Waals surface area contributed by atoms with Crippen molar-refractivity contribution >= 4 is 9.84 Å². The number of nitrogens with one attached hydrogen (secondary N) is 1. The van der Waals surface area contributed by atoms with Crippen LogP contribution in [0.3, 0.4) is 0 Å². The van der Waals surface area contributed by atoms with Crippen LogP contribution in [0.25, 0.3) is 0 Å². The summed E-state index contributed by atoms with van der Waals surface area (Å²) in [5.41, 5.74) is 2.04. The van der Waals surface area contributed by atoms with Gasteiger partial charge in [0.15, 0.2) is 9.84 Å². The number of benzene rings is 1. The second-order valence-electron chi connectivity index (χ2n) is 4.51. The summed E-state index contributed by atoms with van der Waals surface area (Å²) in [6.07, 6.45) is 4.94. The Hall–Kier alpha value is -1.66. The molecule has 2 aromatic rings. The van der Waals surface area contributed by atoms with Gasteiger partial charge in [0.05, 0.1) is 17.1 Å². The molecule has 0 saturated heterocycles. The Morgan fingerprint density at radius 3 is 2.26 bits per heavy atom. The topological polar surface area (TPSA) is 64.0 Å². The van der Waals surface area contributed by atoms with E-state index in [-0.39, 0.29) is 6.04 Å². The molecule has 2 rings (SSSR count). The summed E-state index contributed by atoms with van der Waals surface area (Å²) in [7, 11) is 0.578. The molecular formula is C13H17N3O2S. The van der Waals surface area contributed by atoms with Gasteiger partial charge in [0.2, 0.25) is 0 Å². The average molecular weight is 279 g/mol. The van der Waals surface area contributed by atoms with Crippen LogP contribution in [0.2, 0.25) is 0 Å². The van der Waals surface area contributed by atoms with Crippen molar-refractivity contribution in [3.63, 3.8) is 0 Å². The summed E-state index contributed by atoms with van der Waals surface area (Å²) in [6, 6.07) is 6.91. The van der Waals surface area contributed by atoms with E-state index in [1.54, 1.807) is 23.0 Å². The molecule has 1 heterocycles. The second-order valence-corrected chi connectivity index (χ2v) is 6.53. The quantitative estimate of drug-likeness (QED) is 0.911. The third kappa shape index (κ3) is 3.02. The van der Waals surface area contributed by atoms with Gasteiger partial charge < -0.3 is 5.32 Å². The predicted molar refractivity (Wildman–Crippen MR) is 73.7 cm³/mol. The number of hydrogen-bond acceptors (Lipinski definition) is 4. The molecule has 0 aliphatic rings. The third-order valence-electron chi connectivity index (χ3n) is 2.99. The molecule has 1 atom stereocenters. The summed E-state index contributed by atoms with van der Waals surface area (Å²) >= 11 is 0. The average Bonchev–Trinajstić information content (AvgIpc) is 2.76. The number of nitrogens with zero attached hydrogens (tertiary/aromatic N) is 2. The van der Waals surface area contributed by atoms with Crippen LogP contribution in [-0.4, -0.2) is 31.5 Å². The van der Waals surface area contributed by atoms with Crippen molar-refractivity contribution in [3.8, 4) is 0 Å². The Balaban J connectivity index is 2.35. The maximum Gasteiger partial charge on any atom is 0.175 e. The van der Waals surface area contributed by atoms with E-state index >= 15 is 0 Å². The molecule has 0 spiro atoms. The summed E-state index contributed by atoms with van der Waals surface area (Å²) in [4.78, 5) is 0.331. The molecule has 0 bridgehead atoms. The third-order valence-corrected chi connectivity index (χ3v) is 4.12. The summed E-state index contributed by atoms with van der Waals surface area (Å²) in [6.45, 7) is 0. The van der Waals surface area contributed by atoms with Crippen LogP contribution in [0, 0.1) is 0 Å². The molecule has 1 unspecified atom stereocenters. The van der Waals surface area contributed by atoms with E-state index in [1.807, 2.05) is 32.4 Å². The maximum absolute atomic E-state index is 11.4. The van der Waals surface area contributed by atoms with Crippen LogP contribution >= 0.6 is 0 Å². The van der Waals surface area contributed by atoms with Crippen molar-refractivity contribution in [2.75, 3.05) is 13.3 Å². The molecule has 0 fully saturated rings. The molecule has 0 radical (unpaired) electrons. The second kappa shape index (κ2) is 5.14. The lowest BCUT2D eigenvalue weighted by atomic mass is 10.0. The summed E-state index contributed by atoms with van der Waals surface area (Å²) in [5.74, 6) is 0. The highest BCUT2D eigenvalue weighted by atomic mass is 32.2. The van der Waals surface area contributed by atoms with Crippen LogP contribution in [0.1, 0.15) is 17.2 Å². The monoisotopic (exact) mass is 279 g/mol. The number of sulfone groups is 1. The van der Waals surface area contributed by atoms with Gasteiger partial charge in [0.25, 0.3) is 0 Å². The van der Waals surface area contributed by atoms with Gasteiger partial charge in [-0.05, 0) is 24.7 Å². The molecule has 6 heteroatoms. The molecule has 102 valence electrons. The minimum absolute atomic E-state index is 0.00214. The fourth-order valence-electron chi connectivity index (χ4n) is 2.02. The normalized spacial score (nSPS) is 13.4. The van der Waals surface area contributed by atoms with E-state index in [0.717, 1.165) is 11.1 Å². The first-order chi connectivity index (χ1) is 8.91. The molecule has 5 nitrogen and oxygen atoms in total. The van der Waals surface area contributed by atoms with Crippen molar-refractivity contribution in [1.82, 2.24) is 15.1 Å². The predicted octanol–water partition coefficient (Wildman–Crippen LogP) is 1.13. The molecule has 0 aliphatic heterocycles.